The molecule has 56 heavy (non-hydrogen) atoms. The predicted molar refractivity (Wildman–Crippen MR) is 220 cm³/mol. The van der Waals surface area contributed by atoms with Gasteiger partial charge in [0.15, 0.2) is 0 Å². The Morgan fingerprint density at radius 3 is 1.50 bits per heavy atom. The van der Waals surface area contributed by atoms with E-state index in [-0.39, 0.29) is 11.8 Å². The number of halogens is 6. The zero-order valence-electron chi connectivity index (χ0n) is 32.6. The Balaban J connectivity index is 1.43. The van der Waals surface area contributed by atoms with E-state index in [1.165, 1.54) is 33.6 Å². The predicted octanol–water partition coefficient (Wildman–Crippen LogP) is 11.5. The van der Waals surface area contributed by atoms with Crippen LogP contribution in [0.2, 0.25) is 0 Å². The summed E-state index contributed by atoms with van der Waals surface area (Å²) in [5.41, 5.74) is 3.91. The first kappa shape index (κ1) is 41.8. The Bertz CT molecular complexity index is 2000. The molecule has 0 heterocycles. The third kappa shape index (κ3) is 9.29. The largest absolute Gasteiger partial charge is 0.496 e. The topological polar surface area (TPSA) is 18.5 Å². The second-order valence-corrected chi connectivity index (χ2v) is 19.3. The molecule has 296 valence electrons. The number of benzene rings is 5. The van der Waals surface area contributed by atoms with Gasteiger partial charge in [0.1, 0.15) is 11.5 Å². The summed E-state index contributed by atoms with van der Waals surface area (Å²) in [7, 11) is 0.795. The molecule has 0 spiro atoms. The van der Waals surface area contributed by atoms with Crippen LogP contribution in [0.1, 0.15) is 77.0 Å². The van der Waals surface area contributed by atoms with Crippen LogP contribution >= 0.6 is 15.8 Å². The molecule has 0 radical (unpaired) electrons. The lowest BCUT2D eigenvalue weighted by Gasteiger charge is -2.30. The number of hydrogen-bond donors (Lipinski definition) is 0. The van der Waals surface area contributed by atoms with Crippen molar-refractivity contribution in [3.05, 3.63) is 136 Å². The Morgan fingerprint density at radius 1 is 0.571 bits per heavy atom. The van der Waals surface area contributed by atoms with Gasteiger partial charge in [-0.05, 0) is 177 Å². The van der Waals surface area contributed by atoms with Gasteiger partial charge in [-0.15, -0.1) is 0 Å². The molecule has 2 atom stereocenters. The molecule has 1 aliphatic carbocycles. The summed E-state index contributed by atoms with van der Waals surface area (Å²) < 4.78 is 95.3. The maximum absolute atomic E-state index is 14.0. The smallest absolute Gasteiger partial charge is 0.416 e. The minimum atomic E-state index is -4.57. The number of aryl methyl sites for hydroxylation is 4. The number of hydrogen-bond acceptors (Lipinski definition) is 2. The van der Waals surface area contributed by atoms with Gasteiger partial charge in [0, 0.05) is 0 Å². The van der Waals surface area contributed by atoms with Gasteiger partial charge < -0.3 is 9.47 Å². The van der Waals surface area contributed by atoms with E-state index in [4.69, 9.17) is 9.47 Å². The lowest BCUT2D eigenvalue weighted by atomic mass is 9.88. The molecule has 5 aromatic carbocycles. The van der Waals surface area contributed by atoms with E-state index in [1.807, 2.05) is 0 Å². The lowest BCUT2D eigenvalue weighted by molar-refractivity contribution is -0.138. The van der Waals surface area contributed by atoms with Crippen molar-refractivity contribution in [2.45, 2.75) is 78.1 Å². The molecule has 2 unspecified atom stereocenters. The highest BCUT2D eigenvalue weighted by atomic mass is 31.1. The van der Waals surface area contributed by atoms with Crippen molar-refractivity contribution in [3.8, 4) is 11.5 Å². The summed E-state index contributed by atoms with van der Waals surface area (Å²) in [4.78, 5) is 0. The molecule has 0 bridgehead atoms. The Labute approximate surface area is 329 Å². The van der Waals surface area contributed by atoms with E-state index in [9.17, 15) is 26.3 Å². The Hall–Kier alpha value is -3.86. The Morgan fingerprint density at radius 2 is 1.04 bits per heavy atom. The van der Waals surface area contributed by atoms with Gasteiger partial charge in [0.2, 0.25) is 0 Å². The monoisotopic (exact) mass is 808 g/mol. The first-order valence-corrected chi connectivity index (χ1v) is 21.8. The summed E-state index contributed by atoms with van der Waals surface area (Å²) in [6.07, 6.45) is -4.11. The second-order valence-electron chi connectivity index (χ2n) is 14.9. The summed E-state index contributed by atoms with van der Waals surface area (Å²) in [6.45, 7) is 8.29. The minimum Gasteiger partial charge on any atom is -0.496 e. The number of methoxy groups -OCH3 is 2. The molecule has 1 aliphatic rings. The molecule has 6 rings (SSSR count). The third-order valence-corrected chi connectivity index (χ3v) is 16.0. The van der Waals surface area contributed by atoms with Gasteiger partial charge >= 0.3 is 12.4 Å². The molecule has 0 aromatic heterocycles. The number of alkyl halides is 6. The van der Waals surface area contributed by atoms with Crippen LogP contribution in [0.5, 0.6) is 11.5 Å². The van der Waals surface area contributed by atoms with Crippen molar-refractivity contribution in [2.75, 3.05) is 20.4 Å². The van der Waals surface area contributed by atoms with Crippen LogP contribution in [-0.2, 0) is 12.4 Å². The quantitative estimate of drug-likeness (QED) is 0.0795. The van der Waals surface area contributed by atoms with E-state index in [0.29, 0.717) is 16.8 Å². The fourth-order valence-corrected chi connectivity index (χ4v) is 14.0. The fraction of sp³-hybridized carbons (Fsp3) is 0.348. The zero-order valence-corrected chi connectivity index (χ0v) is 34.4. The molecule has 1 fully saturated rings. The highest BCUT2D eigenvalue weighted by Gasteiger charge is 2.35. The summed E-state index contributed by atoms with van der Waals surface area (Å²) in [5.74, 6) is 1.98. The molecule has 1 saturated carbocycles. The molecule has 0 amide bonds. The van der Waals surface area contributed by atoms with Crippen molar-refractivity contribution >= 4 is 42.4 Å². The molecular formula is C46H48F6O2P2. The van der Waals surface area contributed by atoms with Crippen molar-refractivity contribution in [1.82, 2.24) is 0 Å². The van der Waals surface area contributed by atoms with Crippen molar-refractivity contribution in [3.63, 3.8) is 0 Å². The van der Waals surface area contributed by atoms with Crippen LogP contribution in [-0.4, -0.2) is 20.4 Å². The normalized spacial score (nSPS) is 16.6. The SMILES string of the molecule is COc1c(C)cc(P(c2cc(C)c(OC)c(C)c2)c2ccccc2C2CCCCC(CP(c3cccc(C(F)(F)F)c3)c3cccc(C(F)(F)F)c3)C2)cc1C. The van der Waals surface area contributed by atoms with Crippen molar-refractivity contribution in [1.29, 1.82) is 0 Å². The molecular weight excluding hydrogens is 760 g/mol. The second kappa shape index (κ2) is 17.3. The first-order valence-electron chi connectivity index (χ1n) is 18.9. The minimum absolute atomic E-state index is 0.0907. The Kier molecular flexibility index (Phi) is 12.9. The van der Waals surface area contributed by atoms with E-state index in [2.05, 4.69) is 76.2 Å². The van der Waals surface area contributed by atoms with Crippen LogP contribution < -0.4 is 36.0 Å². The number of ether oxygens (including phenoxy) is 2. The molecule has 2 nitrogen and oxygen atoms in total. The van der Waals surface area contributed by atoms with Gasteiger partial charge in [0.05, 0.1) is 25.3 Å². The van der Waals surface area contributed by atoms with E-state index >= 15 is 0 Å². The fourth-order valence-electron chi connectivity index (χ4n) is 8.45. The van der Waals surface area contributed by atoms with Crippen LogP contribution in [0.25, 0.3) is 0 Å². The van der Waals surface area contributed by atoms with Gasteiger partial charge in [-0.2, -0.15) is 26.3 Å². The average molecular weight is 809 g/mol. The molecule has 10 heteroatoms. The molecule has 5 aromatic rings. The maximum Gasteiger partial charge on any atom is 0.416 e. The molecule has 0 saturated heterocycles. The maximum atomic E-state index is 14.0. The first-order chi connectivity index (χ1) is 26.6. The highest BCUT2D eigenvalue weighted by Crippen LogP contribution is 2.47. The van der Waals surface area contributed by atoms with E-state index < -0.39 is 39.3 Å². The highest BCUT2D eigenvalue weighted by molar-refractivity contribution is 7.80. The van der Waals surface area contributed by atoms with Gasteiger partial charge in [-0.25, -0.2) is 0 Å². The third-order valence-electron chi connectivity index (χ3n) is 10.9. The van der Waals surface area contributed by atoms with Gasteiger partial charge in [-0.3, -0.25) is 0 Å². The van der Waals surface area contributed by atoms with Crippen LogP contribution in [0.3, 0.4) is 0 Å². The standard InChI is InChI=1S/C46H48F6O2P2/c1-29-21-39(22-30(2)43(29)53-5)56(40-23-31(3)44(54-6)32(4)24-40)42-20-10-9-19-41(42)34-14-8-7-13-33(25-34)28-55(37-17-11-15-35(26-37)45(47,48)49)38-18-12-16-36(27-38)46(50,51)52/h9-12,15-24,26-27,33-34H,7-8,13-14,25,28H2,1-6H3. The zero-order chi connectivity index (χ0) is 40.4. The lowest BCUT2D eigenvalue weighted by Crippen LogP contribution is -2.26. The van der Waals surface area contributed by atoms with E-state index in [0.717, 1.165) is 90.1 Å². The molecule has 0 aliphatic heterocycles. The van der Waals surface area contributed by atoms with Crippen molar-refractivity contribution in [2.24, 2.45) is 5.92 Å². The van der Waals surface area contributed by atoms with E-state index in [1.54, 1.807) is 26.4 Å². The summed E-state index contributed by atoms with van der Waals surface area (Å²) in [5, 5.41) is 4.54. The molecule has 0 N–H and O–H groups in total. The van der Waals surface area contributed by atoms with Crippen LogP contribution in [0.15, 0.2) is 97.1 Å². The van der Waals surface area contributed by atoms with Crippen LogP contribution in [0, 0.1) is 33.6 Å². The average Bonchev–Trinajstić information content (AvgIpc) is 3.39. The van der Waals surface area contributed by atoms with Gasteiger partial charge in [0.25, 0.3) is 0 Å². The van der Waals surface area contributed by atoms with Crippen molar-refractivity contribution < 1.29 is 35.8 Å². The van der Waals surface area contributed by atoms with Gasteiger partial charge in [-0.1, -0.05) is 67.8 Å². The summed E-state index contributed by atoms with van der Waals surface area (Å²) in [6, 6.07) is 28.0. The number of rotatable bonds is 10. The summed E-state index contributed by atoms with van der Waals surface area (Å²) >= 11 is 0. The van der Waals surface area contributed by atoms with Crippen LogP contribution in [0.4, 0.5) is 26.3 Å².